The number of thioether (sulfide) groups is 1. The topological polar surface area (TPSA) is 35.2 Å². The molecule has 18 heavy (non-hydrogen) atoms. The lowest BCUT2D eigenvalue weighted by Gasteiger charge is -2.47. The summed E-state index contributed by atoms with van der Waals surface area (Å²) in [6, 6.07) is 7.02. The van der Waals surface area contributed by atoms with E-state index in [1.54, 1.807) is 0 Å². The van der Waals surface area contributed by atoms with E-state index in [4.69, 9.17) is 10.5 Å². The third-order valence-corrected chi connectivity index (χ3v) is 6.10. The van der Waals surface area contributed by atoms with Gasteiger partial charge in [0.05, 0.1) is 18.6 Å². The van der Waals surface area contributed by atoms with Gasteiger partial charge in [-0.15, -0.1) is 11.8 Å². The summed E-state index contributed by atoms with van der Waals surface area (Å²) in [5.74, 6) is 1.27. The van der Waals surface area contributed by atoms with E-state index in [0.717, 1.165) is 26.1 Å². The van der Waals surface area contributed by atoms with Crippen molar-refractivity contribution < 1.29 is 4.74 Å². The summed E-state index contributed by atoms with van der Waals surface area (Å²) in [6.07, 6.45) is 4.84. The summed E-state index contributed by atoms with van der Waals surface area (Å²) < 4.78 is 5.52. The molecule has 0 amide bonds. The number of hydrogen-bond acceptors (Lipinski definition) is 3. The summed E-state index contributed by atoms with van der Waals surface area (Å²) in [4.78, 5) is 1.47. The fourth-order valence-electron chi connectivity index (χ4n) is 3.32. The van der Waals surface area contributed by atoms with Crippen molar-refractivity contribution in [3.63, 3.8) is 0 Å². The number of ether oxygens (including phenoxy) is 1. The van der Waals surface area contributed by atoms with Gasteiger partial charge in [0.15, 0.2) is 0 Å². The molecule has 2 fully saturated rings. The molecule has 0 spiro atoms. The SMILES string of the molecule is NC1(C2(c3ccc4c(c3)CCCS4)COC2)CC1. The van der Waals surface area contributed by atoms with Crippen LogP contribution in [0.5, 0.6) is 0 Å². The molecule has 2 nitrogen and oxygen atoms in total. The fourth-order valence-corrected chi connectivity index (χ4v) is 4.34. The molecular formula is C15H19NOS. The molecule has 0 radical (unpaired) electrons. The zero-order chi connectivity index (χ0) is 12.2. The van der Waals surface area contributed by atoms with Gasteiger partial charge in [-0.05, 0) is 48.6 Å². The van der Waals surface area contributed by atoms with Crippen LogP contribution in [0.4, 0.5) is 0 Å². The summed E-state index contributed by atoms with van der Waals surface area (Å²) in [7, 11) is 0. The average molecular weight is 261 g/mol. The molecule has 2 heterocycles. The van der Waals surface area contributed by atoms with Gasteiger partial charge in [-0.1, -0.05) is 12.1 Å². The summed E-state index contributed by atoms with van der Waals surface area (Å²) in [5.41, 5.74) is 9.59. The first-order valence-electron chi connectivity index (χ1n) is 6.86. The van der Waals surface area contributed by atoms with Gasteiger partial charge in [-0.25, -0.2) is 0 Å². The lowest BCUT2D eigenvalue weighted by atomic mass is 9.70. The number of benzene rings is 1. The van der Waals surface area contributed by atoms with Crippen LogP contribution in [0, 0.1) is 0 Å². The smallest absolute Gasteiger partial charge is 0.0603 e. The maximum atomic E-state index is 6.51. The van der Waals surface area contributed by atoms with Crippen LogP contribution in [0.15, 0.2) is 23.1 Å². The third-order valence-electron chi connectivity index (χ3n) is 4.90. The summed E-state index contributed by atoms with van der Waals surface area (Å²) in [6.45, 7) is 1.63. The molecule has 96 valence electrons. The predicted molar refractivity (Wildman–Crippen MR) is 74.1 cm³/mol. The zero-order valence-corrected chi connectivity index (χ0v) is 11.4. The van der Waals surface area contributed by atoms with Gasteiger partial charge in [0.2, 0.25) is 0 Å². The molecule has 0 bridgehead atoms. The van der Waals surface area contributed by atoms with E-state index in [9.17, 15) is 0 Å². The Labute approximate surface area is 112 Å². The number of nitrogens with two attached hydrogens (primary N) is 1. The molecule has 0 aromatic heterocycles. The molecular weight excluding hydrogens is 242 g/mol. The van der Waals surface area contributed by atoms with Crippen molar-refractivity contribution in [2.75, 3.05) is 19.0 Å². The first-order valence-corrected chi connectivity index (χ1v) is 7.85. The lowest BCUT2D eigenvalue weighted by Crippen LogP contribution is -2.60. The third kappa shape index (κ3) is 1.44. The van der Waals surface area contributed by atoms with Crippen LogP contribution in [0.3, 0.4) is 0 Å². The van der Waals surface area contributed by atoms with Gasteiger partial charge in [0.1, 0.15) is 0 Å². The zero-order valence-electron chi connectivity index (χ0n) is 10.6. The second kappa shape index (κ2) is 3.75. The maximum Gasteiger partial charge on any atom is 0.0603 e. The van der Waals surface area contributed by atoms with Crippen molar-refractivity contribution in [1.82, 2.24) is 0 Å². The van der Waals surface area contributed by atoms with Gasteiger partial charge in [0, 0.05) is 10.4 Å². The molecule has 3 heteroatoms. The highest BCUT2D eigenvalue weighted by atomic mass is 32.2. The van der Waals surface area contributed by atoms with Crippen molar-refractivity contribution >= 4 is 11.8 Å². The summed E-state index contributed by atoms with van der Waals surface area (Å²) >= 11 is 1.99. The quantitative estimate of drug-likeness (QED) is 0.888. The molecule has 3 aliphatic rings. The van der Waals surface area contributed by atoms with Crippen molar-refractivity contribution in [3.8, 4) is 0 Å². The largest absolute Gasteiger partial charge is 0.379 e. The molecule has 1 aromatic carbocycles. The van der Waals surface area contributed by atoms with E-state index in [1.165, 1.54) is 34.6 Å². The lowest BCUT2D eigenvalue weighted by molar-refractivity contribution is -0.0786. The molecule has 0 unspecified atom stereocenters. The van der Waals surface area contributed by atoms with Crippen LogP contribution in [0.2, 0.25) is 0 Å². The van der Waals surface area contributed by atoms with Crippen molar-refractivity contribution in [2.45, 2.75) is 41.5 Å². The minimum Gasteiger partial charge on any atom is -0.379 e. The van der Waals surface area contributed by atoms with E-state index in [2.05, 4.69) is 18.2 Å². The minimum absolute atomic E-state index is 0.0152. The van der Waals surface area contributed by atoms with Crippen LogP contribution < -0.4 is 5.73 Å². The van der Waals surface area contributed by atoms with E-state index < -0.39 is 0 Å². The standard InChI is InChI=1S/C15H19NOS/c16-15(5-6-15)14(9-17-10-14)12-3-4-13-11(8-12)2-1-7-18-13/h3-4,8H,1-2,5-7,9-10,16H2. The first kappa shape index (κ1) is 11.3. The summed E-state index contributed by atoms with van der Waals surface area (Å²) in [5, 5.41) is 0. The molecule has 0 atom stereocenters. The molecule has 1 aliphatic carbocycles. The first-order chi connectivity index (χ1) is 8.74. The van der Waals surface area contributed by atoms with Gasteiger partial charge in [0.25, 0.3) is 0 Å². The Morgan fingerprint density at radius 3 is 2.72 bits per heavy atom. The molecule has 1 aromatic rings. The monoisotopic (exact) mass is 261 g/mol. The van der Waals surface area contributed by atoms with E-state index in [1.807, 2.05) is 11.8 Å². The Bertz CT molecular complexity index is 491. The molecule has 4 rings (SSSR count). The second-order valence-corrected chi connectivity index (χ2v) is 7.14. The average Bonchev–Trinajstić information content (AvgIpc) is 3.06. The highest BCUT2D eigenvalue weighted by Crippen LogP contribution is 2.53. The highest BCUT2D eigenvalue weighted by Gasteiger charge is 2.61. The maximum absolute atomic E-state index is 6.51. The Hall–Kier alpha value is -0.510. The highest BCUT2D eigenvalue weighted by molar-refractivity contribution is 7.99. The minimum atomic E-state index is 0.0152. The van der Waals surface area contributed by atoms with Gasteiger partial charge in [-0.2, -0.15) is 0 Å². The number of aryl methyl sites for hydroxylation is 1. The van der Waals surface area contributed by atoms with E-state index in [0.29, 0.717) is 0 Å². The van der Waals surface area contributed by atoms with Crippen LogP contribution >= 0.6 is 11.8 Å². The van der Waals surface area contributed by atoms with Crippen molar-refractivity contribution in [1.29, 1.82) is 0 Å². The van der Waals surface area contributed by atoms with Gasteiger partial charge >= 0.3 is 0 Å². The Kier molecular flexibility index (Phi) is 2.36. The number of hydrogen-bond donors (Lipinski definition) is 1. The predicted octanol–water partition coefficient (Wildman–Crippen LogP) is 2.48. The molecule has 1 saturated heterocycles. The van der Waals surface area contributed by atoms with Gasteiger partial charge in [-0.3, -0.25) is 0 Å². The molecule has 1 saturated carbocycles. The fraction of sp³-hybridized carbons (Fsp3) is 0.600. The number of rotatable bonds is 2. The Morgan fingerprint density at radius 2 is 2.06 bits per heavy atom. The van der Waals surface area contributed by atoms with Gasteiger partial charge < -0.3 is 10.5 Å². The Balaban J connectivity index is 1.76. The number of fused-ring (bicyclic) bond motifs is 1. The normalized spacial score (nSPS) is 27.2. The van der Waals surface area contributed by atoms with E-state index >= 15 is 0 Å². The van der Waals surface area contributed by atoms with Crippen LogP contribution in [0.25, 0.3) is 0 Å². The van der Waals surface area contributed by atoms with Crippen molar-refractivity contribution in [3.05, 3.63) is 29.3 Å². The Morgan fingerprint density at radius 1 is 1.22 bits per heavy atom. The van der Waals surface area contributed by atoms with Crippen molar-refractivity contribution in [2.24, 2.45) is 5.73 Å². The van der Waals surface area contributed by atoms with Crippen LogP contribution in [0.1, 0.15) is 30.4 Å². The molecule has 2 aliphatic heterocycles. The van der Waals surface area contributed by atoms with Crippen LogP contribution in [-0.2, 0) is 16.6 Å². The van der Waals surface area contributed by atoms with E-state index in [-0.39, 0.29) is 11.0 Å². The second-order valence-electron chi connectivity index (χ2n) is 6.01. The molecule has 2 N–H and O–H groups in total. The van der Waals surface area contributed by atoms with Crippen LogP contribution in [-0.4, -0.2) is 24.5 Å².